The molecule has 18 nitrogen and oxygen atoms in total. The van der Waals surface area contributed by atoms with Crippen molar-refractivity contribution in [1.82, 2.24) is 27.1 Å². The molecule has 0 spiro atoms. The Kier molecular flexibility index (Phi) is 21.4. The van der Waals surface area contributed by atoms with E-state index in [1.54, 1.807) is 18.2 Å². The van der Waals surface area contributed by atoms with Crippen LogP contribution in [-0.4, -0.2) is 95.2 Å². The molecule has 6 aromatic rings. The predicted octanol–water partition coefficient (Wildman–Crippen LogP) is 9.15. The van der Waals surface area contributed by atoms with Crippen molar-refractivity contribution in [3.05, 3.63) is 194 Å². The molecule has 3 aliphatic rings. The van der Waals surface area contributed by atoms with E-state index in [2.05, 4.69) is 30.1 Å². The Morgan fingerprint density at radius 3 is 0.890 bits per heavy atom. The number of nitrogens with one attached hydrogen (secondary N) is 6. The van der Waals surface area contributed by atoms with Crippen molar-refractivity contribution in [3.63, 3.8) is 0 Å². The third-order valence-corrected chi connectivity index (χ3v) is 18.6. The fourth-order valence-corrected chi connectivity index (χ4v) is 12.9. The zero-order valence-electron chi connectivity index (χ0n) is 42.4. The highest BCUT2D eigenvalue weighted by Crippen LogP contribution is 2.33. The molecule has 0 aliphatic carbocycles. The van der Waals surface area contributed by atoms with Crippen LogP contribution in [0.5, 0.6) is 0 Å². The van der Waals surface area contributed by atoms with Gasteiger partial charge in [-0.05, 0) is 127 Å². The molecule has 5 unspecified atom stereocenters. The summed E-state index contributed by atoms with van der Waals surface area (Å²) in [6, 6.07) is 22.0. The van der Waals surface area contributed by atoms with Crippen molar-refractivity contribution in [2.45, 2.75) is 62.9 Å². The molecule has 9 rings (SSSR count). The van der Waals surface area contributed by atoms with Crippen molar-refractivity contribution in [3.8, 4) is 0 Å². The van der Waals surface area contributed by atoms with Crippen molar-refractivity contribution in [2.24, 2.45) is 0 Å². The monoisotopic (exact) mass is 1260 g/mol. The minimum atomic E-state index is -3.96. The molecule has 6 N–H and O–H groups in total. The molecule has 30 heteroatoms. The third kappa shape index (κ3) is 16.1. The molecule has 440 valence electrons. The number of carbonyl (C=O) groups is 3. The van der Waals surface area contributed by atoms with E-state index in [0.717, 1.165) is 31.1 Å². The van der Waals surface area contributed by atoms with Gasteiger partial charge in [0.05, 0.1) is 33.2 Å². The van der Waals surface area contributed by atoms with Crippen LogP contribution < -0.4 is 30.1 Å². The summed E-state index contributed by atoms with van der Waals surface area (Å²) in [6.07, 6.45) is 0.250. The van der Waals surface area contributed by atoms with Gasteiger partial charge in [-0.3, -0.25) is 14.4 Å². The number of carbonyl (C=O) groups excluding carboxylic acids is 3. The smallest absolute Gasteiger partial charge is 0.280 e. The SMILES string of the molecule is C.CN1C(C(=O)Nc2ccc(F)c(Cl)c2)CC(c2cccc(F)c2)NS1(=O)=O.CN1C(C(=O)Nc2ccc(F)c(Cl)c2)CC(c2cccc(F)c2)NS1(=O)=O.CN1C(C(=O)Nc2ccc(F)c(Cl)c2)C[C@@H](c2cccc(F)c2)NS1(=O)=O. The Hall–Kier alpha value is -6.21. The zero-order chi connectivity index (χ0) is 59.3. The number of anilines is 3. The minimum Gasteiger partial charge on any atom is -0.325 e. The highest BCUT2D eigenvalue weighted by Gasteiger charge is 2.43. The third-order valence-electron chi connectivity index (χ3n) is 12.9. The number of halogens is 9. The predicted molar refractivity (Wildman–Crippen MR) is 299 cm³/mol. The first-order chi connectivity index (χ1) is 38.0. The largest absolute Gasteiger partial charge is 0.325 e. The van der Waals surface area contributed by atoms with Gasteiger partial charge < -0.3 is 16.0 Å². The van der Waals surface area contributed by atoms with Crippen LogP contribution in [0.4, 0.5) is 43.4 Å². The maximum absolute atomic E-state index is 13.5. The van der Waals surface area contributed by atoms with Crippen LogP contribution >= 0.6 is 34.8 Å². The lowest BCUT2D eigenvalue weighted by Gasteiger charge is -2.36. The van der Waals surface area contributed by atoms with Gasteiger partial charge in [-0.1, -0.05) is 78.6 Å². The van der Waals surface area contributed by atoms with E-state index < -0.39 is 120 Å². The molecule has 3 aliphatic heterocycles. The molecule has 0 aromatic heterocycles. The minimum absolute atomic E-state index is 0. The van der Waals surface area contributed by atoms with Crippen molar-refractivity contribution < 1.29 is 66.0 Å². The van der Waals surface area contributed by atoms with E-state index in [1.807, 2.05) is 0 Å². The summed E-state index contributed by atoms with van der Waals surface area (Å²) in [6.45, 7) is 0. The summed E-state index contributed by atoms with van der Waals surface area (Å²) >= 11 is 17.1. The van der Waals surface area contributed by atoms with Crippen molar-refractivity contribution in [2.75, 3.05) is 37.1 Å². The number of rotatable bonds is 9. The summed E-state index contributed by atoms with van der Waals surface area (Å²) in [5.41, 5.74) is 1.94. The van der Waals surface area contributed by atoms with Crippen LogP contribution in [-0.2, 0) is 45.0 Å². The normalized spacial score (nSPS) is 22.1. The maximum Gasteiger partial charge on any atom is 0.280 e. The van der Waals surface area contributed by atoms with E-state index in [1.165, 1.54) is 112 Å². The lowest BCUT2D eigenvalue weighted by molar-refractivity contribution is -0.120. The molecular weight excluding hydrogens is 1210 g/mol. The van der Waals surface area contributed by atoms with E-state index >= 15 is 0 Å². The van der Waals surface area contributed by atoms with E-state index in [-0.39, 0.29) is 58.8 Å². The van der Waals surface area contributed by atoms with E-state index in [9.17, 15) is 66.0 Å². The van der Waals surface area contributed by atoms with Crippen LogP contribution in [0.2, 0.25) is 15.1 Å². The second kappa shape index (κ2) is 27.0. The van der Waals surface area contributed by atoms with Gasteiger partial charge >= 0.3 is 0 Å². The molecular formula is C52H52Cl3F6N9O9S3. The quantitative estimate of drug-likeness (QED) is 0.0756. The lowest BCUT2D eigenvalue weighted by Crippen LogP contribution is -2.55. The Bertz CT molecular complexity index is 3340. The standard InChI is InChI=1S/3C17H16ClF2N3O3S.CH4/c3*1-23-16(17(24)21-12-5-6-14(20)13(18)8-12)9-15(22-27(23,25)26)10-3-2-4-11(19)7-10;/h3*2-8,15-16,22H,9H2,1H3,(H,21,24);1H4/t15-,16?;;;/m0.../s1. The molecule has 6 aromatic carbocycles. The van der Waals surface area contributed by atoms with E-state index in [0.29, 0.717) is 16.7 Å². The molecule has 3 saturated heterocycles. The van der Waals surface area contributed by atoms with Gasteiger partial charge in [0.1, 0.15) is 53.0 Å². The van der Waals surface area contributed by atoms with Gasteiger partial charge in [0.15, 0.2) is 0 Å². The van der Waals surface area contributed by atoms with Gasteiger partial charge in [-0.15, -0.1) is 0 Å². The number of likely N-dealkylation sites (N-methyl/N-ethyl adjacent to an activating group) is 3. The first-order valence-corrected chi connectivity index (χ1v) is 29.3. The molecule has 3 fully saturated rings. The van der Waals surface area contributed by atoms with Gasteiger partial charge in [0.2, 0.25) is 17.7 Å². The highest BCUT2D eigenvalue weighted by atomic mass is 35.5. The summed E-state index contributed by atoms with van der Waals surface area (Å²) in [4.78, 5) is 37.9. The van der Waals surface area contributed by atoms with Crippen molar-refractivity contribution in [1.29, 1.82) is 0 Å². The second-order valence-corrected chi connectivity index (χ2v) is 24.9. The van der Waals surface area contributed by atoms with Crippen LogP contribution in [0.25, 0.3) is 0 Å². The summed E-state index contributed by atoms with van der Waals surface area (Å²) < 4.78 is 165. The highest BCUT2D eigenvalue weighted by molar-refractivity contribution is 7.87. The summed E-state index contributed by atoms with van der Waals surface area (Å²) in [5.74, 6) is -5.25. The number of hydrogen-bond acceptors (Lipinski definition) is 9. The fraction of sp³-hybridized carbons (Fsp3) is 0.250. The van der Waals surface area contributed by atoms with Crippen LogP contribution in [0.1, 0.15) is 61.5 Å². The molecule has 3 amide bonds. The molecule has 6 atom stereocenters. The van der Waals surface area contributed by atoms with Crippen LogP contribution in [0.3, 0.4) is 0 Å². The maximum atomic E-state index is 13.5. The molecule has 82 heavy (non-hydrogen) atoms. The first kappa shape index (κ1) is 65.0. The topological polar surface area (TPSA) is 236 Å². The van der Waals surface area contributed by atoms with Crippen LogP contribution in [0, 0.1) is 34.9 Å². The number of benzene rings is 6. The first-order valence-electron chi connectivity index (χ1n) is 23.8. The number of hydrogen-bond donors (Lipinski definition) is 6. The average Bonchev–Trinajstić information content (AvgIpc) is 2.58. The molecule has 0 radical (unpaired) electrons. The van der Waals surface area contributed by atoms with Gasteiger partial charge in [-0.2, -0.15) is 52.3 Å². The number of amides is 3. The Morgan fingerprint density at radius 1 is 0.427 bits per heavy atom. The Labute approximate surface area is 484 Å². The summed E-state index contributed by atoms with van der Waals surface area (Å²) in [5, 5.41) is 7.09. The van der Waals surface area contributed by atoms with Gasteiger partial charge in [0.25, 0.3) is 30.6 Å². The van der Waals surface area contributed by atoms with Crippen molar-refractivity contribution >= 4 is 100 Å². The Morgan fingerprint density at radius 2 is 0.671 bits per heavy atom. The zero-order valence-corrected chi connectivity index (χ0v) is 47.1. The van der Waals surface area contributed by atoms with Gasteiger partial charge in [0, 0.05) is 38.2 Å². The molecule has 3 heterocycles. The summed E-state index contributed by atoms with van der Waals surface area (Å²) in [7, 11) is -8.07. The molecule has 0 saturated carbocycles. The Balaban J connectivity index is 0.000000197. The van der Waals surface area contributed by atoms with Crippen LogP contribution in [0.15, 0.2) is 127 Å². The fourth-order valence-electron chi connectivity index (χ4n) is 8.55. The second-order valence-electron chi connectivity index (χ2n) is 18.3. The molecule has 0 bridgehead atoms. The average molecular weight is 1260 g/mol. The number of nitrogens with zero attached hydrogens (tertiary/aromatic N) is 3. The van der Waals surface area contributed by atoms with E-state index in [4.69, 9.17) is 34.8 Å². The van der Waals surface area contributed by atoms with Gasteiger partial charge in [-0.25, -0.2) is 26.3 Å². The lowest BCUT2D eigenvalue weighted by atomic mass is 9.99.